The Kier molecular flexibility index (Phi) is 4.01. The molecule has 0 spiro atoms. The van der Waals surface area contributed by atoms with Crippen molar-refractivity contribution >= 4 is 50.3 Å². The average Bonchev–Trinajstić information content (AvgIpc) is 2.08. The molecule has 70 valence electrons. The molecule has 1 rings (SSSR count). The highest BCUT2D eigenvalue weighted by Gasteiger charge is 2.16. The van der Waals surface area contributed by atoms with Crippen LogP contribution in [0.4, 0.5) is 0 Å². The molecule has 1 aromatic rings. The first-order valence-electron chi connectivity index (χ1n) is 3.66. The number of halogens is 2. The van der Waals surface area contributed by atoms with Gasteiger partial charge in [-0.1, -0.05) is 28.1 Å². The highest BCUT2D eigenvalue weighted by atomic mass is 79.9. The van der Waals surface area contributed by atoms with Gasteiger partial charge in [0.15, 0.2) is 0 Å². The number of benzene rings is 1. The quantitative estimate of drug-likeness (QED) is 0.647. The molecule has 0 aliphatic heterocycles. The number of hydrogen-bond donors (Lipinski definition) is 1. The van der Waals surface area contributed by atoms with E-state index in [9.17, 15) is 4.79 Å². The molecule has 0 aliphatic rings. The van der Waals surface area contributed by atoms with Crippen molar-refractivity contribution in [3.05, 3.63) is 28.2 Å². The first-order chi connectivity index (χ1) is 6.04. The number of thiol groups is 1. The smallest absolute Gasteiger partial charge is 0.147 e. The molecule has 0 radical (unpaired) electrons. The summed E-state index contributed by atoms with van der Waals surface area (Å²) in [4.78, 5) is 11.7. The Morgan fingerprint density at radius 3 is 2.69 bits per heavy atom. The van der Waals surface area contributed by atoms with Crippen molar-refractivity contribution in [1.82, 2.24) is 0 Å². The van der Waals surface area contributed by atoms with Crippen LogP contribution >= 0.6 is 44.5 Å². The minimum atomic E-state index is -0.256. The normalized spacial score (nSPS) is 12.6. The van der Waals surface area contributed by atoms with Gasteiger partial charge in [0.2, 0.25) is 0 Å². The van der Waals surface area contributed by atoms with Gasteiger partial charge in [-0.3, -0.25) is 4.79 Å². The number of carbonyl (C=O) groups is 1. The van der Waals surface area contributed by atoms with E-state index in [0.717, 1.165) is 14.9 Å². The molecule has 0 fully saturated rings. The molecule has 0 saturated carbocycles. The Hall–Kier alpha value is 0.200. The Morgan fingerprint density at radius 1 is 1.54 bits per heavy atom. The van der Waals surface area contributed by atoms with E-state index in [1.807, 2.05) is 18.2 Å². The van der Waals surface area contributed by atoms with Gasteiger partial charge >= 0.3 is 0 Å². The third kappa shape index (κ3) is 2.58. The van der Waals surface area contributed by atoms with Crippen molar-refractivity contribution < 1.29 is 4.79 Å². The number of Topliss-reactive ketones (excluding diaryl/α,β-unsaturated/α-hetero) is 1. The summed E-state index contributed by atoms with van der Waals surface area (Å²) in [5.74, 6) is 0.0830. The first kappa shape index (κ1) is 11.3. The SMILES string of the molecule is CC(=O)C(Br)c1cccc(S)c1Br. The van der Waals surface area contributed by atoms with E-state index in [-0.39, 0.29) is 10.6 Å². The van der Waals surface area contributed by atoms with E-state index in [1.54, 1.807) is 6.92 Å². The Balaban J connectivity index is 3.15. The molecule has 0 bridgehead atoms. The lowest BCUT2D eigenvalue weighted by Crippen LogP contribution is -2.01. The molecule has 1 unspecified atom stereocenters. The predicted molar refractivity (Wildman–Crippen MR) is 63.7 cm³/mol. The lowest BCUT2D eigenvalue weighted by molar-refractivity contribution is -0.116. The molecule has 0 aliphatic carbocycles. The van der Waals surface area contributed by atoms with E-state index in [2.05, 4.69) is 44.5 Å². The van der Waals surface area contributed by atoms with Crippen molar-refractivity contribution in [2.75, 3.05) is 0 Å². The summed E-state index contributed by atoms with van der Waals surface area (Å²) in [6.07, 6.45) is 0. The van der Waals surface area contributed by atoms with E-state index < -0.39 is 0 Å². The van der Waals surface area contributed by atoms with Crippen LogP contribution in [-0.4, -0.2) is 5.78 Å². The van der Waals surface area contributed by atoms with Crippen molar-refractivity contribution in [3.63, 3.8) is 0 Å². The number of hydrogen-bond acceptors (Lipinski definition) is 2. The second-order valence-electron chi connectivity index (χ2n) is 2.65. The fraction of sp³-hybridized carbons (Fsp3) is 0.222. The van der Waals surface area contributed by atoms with E-state index in [1.165, 1.54) is 0 Å². The number of carbonyl (C=O) groups excluding carboxylic acids is 1. The predicted octanol–water partition coefficient (Wildman–Crippen LogP) is 3.76. The molecule has 0 N–H and O–H groups in total. The molecular weight excluding hydrogens is 316 g/mol. The van der Waals surface area contributed by atoms with E-state index in [0.29, 0.717) is 0 Å². The zero-order chi connectivity index (χ0) is 10.0. The summed E-state index contributed by atoms with van der Waals surface area (Å²) in [5, 5.41) is 0. The van der Waals surface area contributed by atoms with Crippen molar-refractivity contribution in [2.45, 2.75) is 16.6 Å². The van der Waals surface area contributed by atoms with Crippen LogP contribution in [-0.2, 0) is 4.79 Å². The Morgan fingerprint density at radius 2 is 2.15 bits per heavy atom. The molecule has 13 heavy (non-hydrogen) atoms. The molecule has 4 heteroatoms. The summed E-state index contributed by atoms with van der Waals surface area (Å²) in [6.45, 7) is 1.55. The third-order valence-corrected chi connectivity index (χ3v) is 4.34. The molecule has 0 amide bonds. The van der Waals surface area contributed by atoms with Crippen LogP contribution in [0.3, 0.4) is 0 Å². The molecule has 1 atom stereocenters. The van der Waals surface area contributed by atoms with Gasteiger partial charge in [-0.05, 0) is 34.5 Å². The van der Waals surface area contributed by atoms with Crippen LogP contribution < -0.4 is 0 Å². The lowest BCUT2D eigenvalue weighted by atomic mass is 10.1. The van der Waals surface area contributed by atoms with Crippen molar-refractivity contribution in [2.24, 2.45) is 0 Å². The number of alkyl halides is 1. The van der Waals surface area contributed by atoms with E-state index >= 15 is 0 Å². The van der Waals surface area contributed by atoms with Crippen LogP contribution in [0, 0.1) is 0 Å². The minimum Gasteiger partial charge on any atom is -0.298 e. The van der Waals surface area contributed by atoms with Crippen molar-refractivity contribution in [1.29, 1.82) is 0 Å². The van der Waals surface area contributed by atoms with Gasteiger partial charge in [-0.25, -0.2) is 0 Å². The molecular formula is C9H8Br2OS. The summed E-state index contributed by atoms with van der Waals surface area (Å²) < 4.78 is 0.871. The highest BCUT2D eigenvalue weighted by molar-refractivity contribution is 9.11. The third-order valence-electron chi connectivity index (χ3n) is 1.64. The minimum absolute atomic E-state index is 0.0830. The van der Waals surface area contributed by atoms with Gasteiger partial charge in [0.25, 0.3) is 0 Å². The molecule has 0 saturated heterocycles. The number of ketones is 1. The monoisotopic (exact) mass is 322 g/mol. The zero-order valence-electron chi connectivity index (χ0n) is 6.92. The van der Waals surface area contributed by atoms with Gasteiger partial charge in [0.05, 0.1) is 4.83 Å². The van der Waals surface area contributed by atoms with Crippen LogP contribution in [0.25, 0.3) is 0 Å². The zero-order valence-corrected chi connectivity index (χ0v) is 11.0. The van der Waals surface area contributed by atoms with Gasteiger partial charge in [-0.15, -0.1) is 12.6 Å². The summed E-state index contributed by atoms with van der Waals surface area (Å²) in [5.41, 5.74) is 0.917. The fourth-order valence-corrected chi connectivity index (χ4v) is 2.35. The maximum absolute atomic E-state index is 11.1. The summed E-state index contributed by atoms with van der Waals surface area (Å²) >= 11 is 11.0. The molecule has 0 heterocycles. The van der Waals surface area contributed by atoms with Crippen molar-refractivity contribution in [3.8, 4) is 0 Å². The molecule has 0 aromatic heterocycles. The second-order valence-corrected chi connectivity index (χ2v) is 4.84. The highest BCUT2D eigenvalue weighted by Crippen LogP contribution is 2.33. The Labute approximate surface area is 99.6 Å². The standard InChI is InChI=1S/C9H8Br2OS/c1-5(12)8(10)6-3-2-4-7(13)9(6)11/h2-4,8,13H,1H3. The first-order valence-corrected chi connectivity index (χ1v) is 5.81. The van der Waals surface area contributed by atoms with Crippen LogP contribution in [0.2, 0.25) is 0 Å². The maximum Gasteiger partial charge on any atom is 0.147 e. The average molecular weight is 324 g/mol. The van der Waals surface area contributed by atoms with Crippen LogP contribution in [0.5, 0.6) is 0 Å². The topological polar surface area (TPSA) is 17.1 Å². The van der Waals surface area contributed by atoms with Crippen LogP contribution in [0.15, 0.2) is 27.6 Å². The summed E-state index contributed by atoms with van der Waals surface area (Å²) in [7, 11) is 0. The maximum atomic E-state index is 11.1. The van der Waals surface area contributed by atoms with Gasteiger partial charge in [-0.2, -0.15) is 0 Å². The summed E-state index contributed by atoms with van der Waals surface area (Å²) in [6, 6.07) is 5.64. The molecule has 1 nitrogen and oxygen atoms in total. The van der Waals surface area contributed by atoms with Crippen LogP contribution in [0.1, 0.15) is 17.3 Å². The van der Waals surface area contributed by atoms with Gasteiger partial charge in [0, 0.05) is 9.37 Å². The second kappa shape index (κ2) is 4.62. The lowest BCUT2D eigenvalue weighted by Gasteiger charge is -2.09. The van der Waals surface area contributed by atoms with Gasteiger partial charge in [0.1, 0.15) is 5.78 Å². The largest absolute Gasteiger partial charge is 0.298 e. The van der Waals surface area contributed by atoms with Gasteiger partial charge < -0.3 is 0 Å². The Bertz CT molecular complexity index is 338. The fourth-order valence-electron chi connectivity index (χ4n) is 0.952. The number of rotatable bonds is 2. The van der Waals surface area contributed by atoms with E-state index in [4.69, 9.17) is 0 Å². The molecule has 1 aromatic carbocycles.